The van der Waals surface area contributed by atoms with Crippen LogP contribution in [0.3, 0.4) is 0 Å². The fourth-order valence-electron chi connectivity index (χ4n) is 3.60. The summed E-state index contributed by atoms with van der Waals surface area (Å²) in [4.78, 5) is 14.9. The Balaban J connectivity index is 1.83. The molecule has 1 unspecified atom stereocenters. The summed E-state index contributed by atoms with van der Waals surface area (Å²) in [6.45, 7) is 5.07. The Kier molecular flexibility index (Phi) is 8.27. The van der Waals surface area contributed by atoms with E-state index in [1.807, 2.05) is 0 Å². The van der Waals surface area contributed by atoms with Gasteiger partial charge >= 0.3 is 10.2 Å². The zero-order valence-corrected chi connectivity index (χ0v) is 18.3. The minimum Gasteiger partial charge on any atom is -0.352 e. The molecule has 8 heteroatoms. The molecular weight excluding hydrogens is 376 g/mol. The molecule has 0 aromatic heterocycles. The van der Waals surface area contributed by atoms with E-state index in [1.54, 1.807) is 24.3 Å². The summed E-state index contributed by atoms with van der Waals surface area (Å²) >= 11 is 0. The molecule has 158 valence electrons. The number of nitrogens with one attached hydrogen (secondary N) is 1. The first kappa shape index (κ1) is 22.6. The lowest BCUT2D eigenvalue weighted by Crippen LogP contribution is -2.40. The van der Waals surface area contributed by atoms with Crippen molar-refractivity contribution >= 4 is 21.8 Å². The summed E-state index contributed by atoms with van der Waals surface area (Å²) in [5.41, 5.74) is 1.05. The van der Waals surface area contributed by atoms with E-state index < -0.39 is 10.2 Å². The van der Waals surface area contributed by atoms with Gasteiger partial charge in [0.15, 0.2) is 0 Å². The maximum Gasteiger partial charge on any atom is 0.303 e. The van der Waals surface area contributed by atoms with E-state index in [1.165, 1.54) is 51.1 Å². The number of carbonyl (C=O) groups is 1. The van der Waals surface area contributed by atoms with E-state index in [-0.39, 0.29) is 5.91 Å². The van der Waals surface area contributed by atoms with Crippen molar-refractivity contribution in [1.29, 1.82) is 0 Å². The number of piperidine rings is 1. The van der Waals surface area contributed by atoms with Gasteiger partial charge in [0.2, 0.25) is 0 Å². The Bertz CT molecular complexity index is 734. The molecule has 1 aromatic carbocycles. The first-order valence-corrected chi connectivity index (χ1v) is 11.5. The molecule has 1 aliphatic heterocycles. The van der Waals surface area contributed by atoms with E-state index in [0.29, 0.717) is 23.8 Å². The second kappa shape index (κ2) is 10.2. The Morgan fingerprint density at radius 2 is 1.86 bits per heavy atom. The van der Waals surface area contributed by atoms with Crippen molar-refractivity contribution in [1.82, 2.24) is 14.5 Å². The van der Waals surface area contributed by atoms with Crippen LogP contribution in [0.2, 0.25) is 0 Å². The van der Waals surface area contributed by atoms with Crippen LogP contribution in [0.15, 0.2) is 24.3 Å². The molecule has 0 spiro atoms. The highest BCUT2D eigenvalue weighted by molar-refractivity contribution is 7.90. The fraction of sp³-hybridized carbons (Fsp3) is 0.650. The van der Waals surface area contributed by atoms with Crippen LogP contribution in [-0.2, 0) is 10.2 Å². The Morgan fingerprint density at radius 1 is 1.18 bits per heavy atom. The summed E-state index contributed by atoms with van der Waals surface area (Å²) in [6.07, 6.45) is 6.01. The van der Waals surface area contributed by atoms with Crippen molar-refractivity contribution in [3.63, 3.8) is 0 Å². The molecule has 2 rings (SSSR count). The van der Waals surface area contributed by atoms with Gasteiger partial charge < -0.3 is 10.2 Å². The second-order valence-corrected chi connectivity index (χ2v) is 9.68. The summed E-state index contributed by atoms with van der Waals surface area (Å²) in [5, 5.41) is 2.96. The molecule has 7 nitrogen and oxygen atoms in total. The minimum absolute atomic E-state index is 0.129. The van der Waals surface area contributed by atoms with Gasteiger partial charge in [0, 0.05) is 45.8 Å². The number of hydrogen-bond donors (Lipinski definition) is 1. The summed E-state index contributed by atoms with van der Waals surface area (Å²) in [6, 6.07) is 7.30. The molecule has 0 radical (unpaired) electrons. The Morgan fingerprint density at radius 3 is 2.46 bits per heavy atom. The number of hydrogen-bond acceptors (Lipinski definition) is 4. The molecule has 0 aliphatic carbocycles. The zero-order valence-electron chi connectivity index (χ0n) is 17.5. The second-order valence-electron chi connectivity index (χ2n) is 7.51. The number of anilines is 1. The van der Waals surface area contributed by atoms with Gasteiger partial charge in [-0.15, -0.1) is 0 Å². The van der Waals surface area contributed by atoms with Crippen molar-refractivity contribution in [2.24, 2.45) is 0 Å². The fourth-order valence-corrected chi connectivity index (χ4v) is 4.48. The number of benzene rings is 1. The van der Waals surface area contributed by atoms with E-state index in [4.69, 9.17) is 0 Å². The average Bonchev–Trinajstić information content (AvgIpc) is 2.70. The number of carbonyl (C=O) groups excluding carboxylic acids is 1. The van der Waals surface area contributed by atoms with Gasteiger partial charge in [-0.2, -0.15) is 12.7 Å². The van der Waals surface area contributed by atoms with Gasteiger partial charge in [-0.3, -0.25) is 9.10 Å². The lowest BCUT2D eigenvalue weighted by Gasteiger charge is -2.35. The van der Waals surface area contributed by atoms with Crippen LogP contribution in [-0.4, -0.2) is 70.3 Å². The molecule has 1 aromatic rings. The highest BCUT2D eigenvalue weighted by Gasteiger charge is 2.21. The third kappa shape index (κ3) is 5.68. The van der Waals surface area contributed by atoms with Crippen molar-refractivity contribution in [3.8, 4) is 0 Å². The molecule has 0 bridgehead atoms. The van der Waals surface area contributed by atoms with Crippen LogP contribution in [0.1, 0.15) is 49.4 Å². The molecule has 1 saturated heterocycles. The summed E-state index contributed by atoms with van der Waals surface area (Å²) < 4.78 is 26.7. The molecular formula is C20H34N4O3S. The molecule has 1 amide bonds. The van der Waals surface area contributed by atoms with Crippen LogP contribution >= 0.6 is 0 Å². The van der Waals surface area contributed by atoms with Crippen LogP contribution in [0, 0.1) is 0 Å². The monoisotopic (exact) mass is 410 g/mol. The largest absolute Gasteiger partial charge is 0.352 e. The third-order valence-corrected chi connectivity index (χ3v) is 7.25. The number of likely N-dealkylation sites (tertiary alicyclic amines) is 1. The van der Waals surface area contributed by atoms with Crippen LogP contribution in [0.25, 0.3) is 0 Å². The van der Waals surface area contributed by atoms with E-state index in [0.717, 1.165) is 23.8 Å². The lowest BCUT2D eigenvalue weighted by molar-refractivity contribution is 0.0947. The highest BCUT2D eigenvalue weighted by Crippen LogP contribution is 2.20. The van der Waals surface area contributed by atoms with Crippen molar-refractivity contribution < 1.29 is 13.2 Å². The summed E-state index contributed by atoms with van der Waals surface area (Å²) in [7, 11) is 0.931. The predicted molar refractivity (Wildman–Crippen MR) is 114 cm³/mol. The van der Waals surface area contributed by atoms with Crippen molar-refractivity contribution in [3.05, 3.63) is 29.8 Å². The van der Waals surface area contributed by atoms with Crippen molar-refractivity contribution in [2.45, 2.75) is 45.1 Å². The normalized spacial score (nSPS) is 18.2. The molecule has 1 N–H and O–H groups in total. The molecule has 1 atom stereocenters. The molecule has 1 fully saturated rings. The van der Waals surface area contributed by atoms with Gasteiger partial charge in [0.25, 0.3) is 5.91 Å². The van der Waals surface area contributed by atoms with Gasteiger partial charge in [-0.25, -0.2) is 0 Å². The maximum absolute atomic E-state index is 12.3. The molecule has 1 heterocycles. The predicted octanol–water partition coefficient (Wildman–Crippen LogP) is 2.31. The first-order valence-electron chi connectivity index (χ1n) is 10.1. The van der Waals surface area contributed by atoms with E-state index in [9.17, 15) is 13.2 Å². The smallest absolute Gasteiger partial charge is 0.303 e. The Hall–Kier alpha value is -1.64. The summed E-state index contributed by atoms with van der Waals surface area (Å²) in [5.74, 6) is -0.129. The lowest BCUT2D eigenvalue weighted by atomic mass is 10.00. The van der Waals surface area contributed by atoms with Crippen LogP contribution in [0.5, 0.6) is 0 Å². The standard InChI is InChI=1S/C20H34N4O3S/c1-5-18-9-6-7-15-24(18)16-8-14-21-20(25)17-10-12-19(13-11-17)23(4)28(26,27)22(2)3/h10-13,18H,5-9,14-16H2,1-4H3,(H,21,25). The Labute approximate surface area is 169 Å². The van der Waals surface area contributed by atoms with Gasteiger partial charge in [-0.1, -0.05) is 13.3 Å². The first-order chi connectivity index (χ1) is 13.3. The quantitative estimate of drug-likeness (QED) is 0.634. The highest BCUT2D eigenvalue weighted by atomic mass is 32.2. The average molecular weight is 411 g/mol. The molecule has 28 heavy (non-hydrogen) atoms. The zero-order chi connectivity index (χ0) is 20.7. The molecule has 1 aliphatic rings. The maximum atomic E-state index is 12.3. The van der Waals surface area contributed by atoms with Gasteiger partial charge in [-0.05, 0) is 56.5 Å². The molecule has 0 saturated carbocycles. The van der Waals surface area contributed by atoms with Crippen molar-refractivity contribution in [2.75, 3.05) is 45.1 Å². The van der Waals surface area contributed by atoms with Crippen LogP contribution in [0.4, 0.5) is 5.69 Å². The number of amides is 1. The van der Waals surface area contributed by atoms with Gasteiger partial charge in [0.05, 0.1) is 5.69 Å². The SMILES string of the molecule is CCC1CCCCN1CCCNC(=O)c1ccc(N(C)S(=O)(=O)N(C)C)cc1. The van der Waals surface area contributed by atoms with Crippen LogP contribution < -0.4 is 9.62 Å². The van der Waals surface area contributed by atoms with E-state index >= 15 is 0 Å². The van der Waals surface area contributed by atoms with E-state index in [2.05, 4.69) is 17.1 Å². The number of nitrogens with zero attached hydrogens (tertiary/aromatic N) is 3. The topological polar surface area (TPSA) is 73.0 Å². The van der Waals surface area contributed by atoms with Gasteiger partial charge in [0.1, 0.15) is 0 Å². The number of rotatable bonds is 9. The third-order valence-electron chi connectivity index (χ3n) is 5.43. The minimum atomic E-state index is -3.54.